The molecule has 1 aliphatic rings. The normalized spacial score (nSPS) is 15.4. The van der Waals surface area contributed by atoms with Crippen molar-refractivity contribution in [1.82, 2.24) is 5.32 Å². The molecule has 0 saturated carbocycles. The van der Waals surface area contributed by atoms with Crippen LogP contribution in [0.15, 0.2) is 18.2 Å². The second kappa shape index (κ2) is 5.71. The van der Waals surface area contributed by atoms with Crippen LogP contribution in [0.4, 0.5) is 10.5 Å². The van der Waals surface area contributed by atoms with Crippen molar-refractivity contribution in [2.45, 2.75) is 39.4 Å². The summed E-state index contributed by atoms with van der Waals surface area (Å²) in [4.78, 5) is 11.7. The first-order valence-corrected chi connectivity index (χ1v) is 6.81. The van der Waals surface area contributed by atoms with Gasteiger partial charge in [-0.05, 0) is 51.5 Å². The average Bonchev–Trinajstić information content (AvgIpc) is 2.24. The molecule has 2 rings (SSSR count). The van der Waals surface area contributed by atoms with E-state index in [2.05, 4.69) is 10.6 Å². The van der Waals surface area contributed by atoms with Gasteiger partial charge in [0.2, 0.25) is 0 Å². The van der Waals surface area contributed by atoms with Gasteiger partial charge >= 0.3 is 6.09 Å². The lowest BCUT2D eigenvalue weighted by Gasteiger charge is -2.28. The van der Waals surface area contributed by atoms with Crippen molar-refractivity contribution in [3.05, 3.63) is 23.8 Å². The first-order valence-electron chi connectivity index (χ1n) is 6.81. The lowest BCUT2D eigenvalue weighted by atomic mass is 10.2. The van der Waals surface area contributed by atoms with Gasteiger partial charge in [0.05, 0.1) is 0 Å². The summed E-state index contributed by atoms with van der Waals surface area (Å²) in [6.45, 7) is 9.21. The number of rotatable bonds is 3. The Morgan fingerprint density at radius 2 is 2.05 bits per heavy atom. The van der Waals surface area contributed by atoms with Gasteiger partial charge in [-0.25, -0.2) is 4.79 Å². The molecule has 1 aromatic carbocycles. The molecular weight excluding hydrogens is 256 g/mol. The van der Waals surface area contributed by atoms with Crippen LogP contribution in [0.25, 0.3) is 0 Å². The molecule has 20 heavy (non-hydrogen) atoms. The summed E-state index contributed by atoms with van der Waals surface area (Å²) in [6.07, 6.45) is -0.198. The molecule has 5 nitrogen and oxygen atoms in total. The number of anilines is 1. The first-order chi connectivity index (χ1) is 9.33. The Balaban J connectivity index is 1.96. The fraction of sp³-hybridized carbons (Fsp3) is 0.533. The first kappa shape index (κ1) is 14.7. The highest BCUT2D eigenvalue weighted by molar-refractivity contribution is 5.86. The van der Waals surface area contributed by atoms with Crippen molar-refractivity contribution in [3.8, 4) is 5.75 Å². The summed E-state index contributed by atoms with van der Waals surface area (Å²) in [5, 5.41) is 5.90. The molecule has 1 fully saturated rings. The quantitative estimate of drug-likeness (QED) is 0.892. The average molecular weight is 278 g/mol. The zero-order valence-corrected chi connectivity index (χ0v) is 12.4. The SMILES string of the molecule is Cc1cc(OC2CNC2)ccc1NC(=O)OC(C)(C)C. The van der Waals surface area contributed by atoms with Crippen LogP contribution in [0.1, 0.15) is 26.3 Å². The van der Waals surface area contributed by atoms with Gasteiger partial charge in [0.15, 0.2) is 0 Å². The van der Waals surface area contributed by atoms with E-state index in [0.717, 1.165) is 30.1 Å². The van der Waals surface area contributed by atoms with Gasteiger partial charge in [-0.2, -0.15) is 0 Å². The minimum absolute atomic E-state index is 0.249. The molecule has 1 saturated heterocycles. The number of hydrogen-bond donors (Lipinski definition) is 2. The summed E-state index contributed by atoms with van der Waals surface area (Å²) in [5.74, 6) is 0.823. The van der Waals surface area contributed by atoms with Crippen molar-refractivity contribution in [1.29, 1.82) is 0 Å². The summed E-state index contributed by atoms with van der Waals surface area (Å²) in [7, 11) is 0. The molecule has 5 heteroatoms. The number of hydrogen-bond acceptors (Lipinski definition) is 4. The van der Waals surface area contributed by atoms with Gasteiger partial charge in [-0.1, -0.05) is 0 Å². The minimum Gasteiger partial charge on any atom is -0.488 e. The van der Waals surface area contributed by atoms with E-state index in [1.807, 2.05) is 45.9 Å². The van der Waals surface area contributed by atoms with Gasteiger partial charge in [0, 0.05) is 18.8 Å². The molecule has 0 bridgehead atoms. The van der Waals surface area contributed by atoms with E-state index in [-0.39, 0.29) is 6.10 Å². The molecular formula is C15H22N2O3. The smallest absolute Gasteiger partial charge is 0.412 e. The van der Waals surface area contributed by atoms with Gasteiger partial charge in [0.25, 0.3) is 0 Å². The fourth-order valence-corrected chi connectivity index (χ4v) is 1.80. The van der Waals surface area contributed by atoms with E-state index in [1.165, 1.54) is 0 Å². The lowest BCUT2D eigenvalue weighted by molar-refractivity contribution is 0.0635. The summed E-state index contributed by atoms with van der Waals surface area (Å²) >= 11 is 0. The third kappa shape index (κ3) is 4.13. The third-order valence-electron chi connectivity index (χ3n) is 2.88. The molecule has 0 radical (unpaired) electrons. The second-order valence-corrected chi connectivity index (χ2v) is 6.00. The van der Waals surface area contributed by atoms with E-state index in [4.69, 9.17) is 9.47 Å². The van der Waals surface area contributed by atoms with Crippen LogP contribution in [0.5, 0.6) is 5.75 Å². The summed E-state index contributed by atoms with van der Waals surface area (Å²) in [5.41, 5.74) is 1.18. The van der Waals surface area contributed by atoms with Gasteiger partial charge in [-0.3, -0.25) is 5.32 Å². The predicted octanol–water partition coefficient (Wildman–Crippen LogP) is 2.69. The standard InChI is InChI=1S/C15H22N2O3/c1-10-7-11(19-12-8-16-9-12)5-6-13(10)17-14(18)20-15(2,3)4/h5-7,12,16H,8-9H2,1-4H3,(H,17,18). The number of carbonyl (C=O) groups excluding carboxylic acids is 1. The Labute approximate surface area is 119 Å². The highest BCUT2D eigenvalue weighted by Crippen LogP contribution is 2.23. The predicted molar refractivity (Wildman–Crippen MR) is 78.3 cm³/mol. The Morgan fingerprint density at radius 1 is 1.35 bits per heavy atom. The van der Waals surface area contributed by atoms with Gasteiger partial charge in [-0.15, -0.1) is 0 Å². The number of carbonyl (C=O) groups is 1. The van der Waals surface area contributed by atoms with E-state index >= 15 is 0 Å². The van der Waals surface area contributed by atoms with Crippen molar-refractivity contribution in [2.24, 2.45) is 0 Å². The molecule has 0 spiro atoms. The van der Waals surface area contributed by atoms with Crippen LogP contribution in [0.3, 0.4) is 0 Å². The van der Waals surface area contributed by atoms with E-state index in [0.29, 0.717) is 0 Å². The Bertz CT molecular complexity index is 490. The van der Waals surface area contributed by atoms with Crippen molar-refractivity contribution >= 4 is 11.8 Å². The minimum atomic E-state index is -0.502. The molecule has 2 N–H and O–H groups in total. The Morgan fingerprint density at radius 3 is 2.55 bits per heavy atom. The van der Waals surface area contributed by atoms with Gasteiger partial charge < -0.3 is 14.8 Å². The third-order valence-corrected chi connectivity index (χ3v) is 2.88. The molecule has 0 unspecified atom stereocenters. The van der Waals surface area contributed by atoms with Crippen LogP contribution in [-0.4, -0.2) is 30.9 Å². The molecule has 0 aliphatic carbocycles. The van der Waals surface area contributed by atoms with Crippen LogP contribution in [0, 0.1) is 6.92 Å². The molecule has 1 amide bonds. The maximum absolute atomic E-state index is 11.7. The fourth-order valence-electron chi connectivity index (χ4n) is 1.80. The van der Waals surface area contributed by atoms with Crippen molar-refractivity contribution < 1.29 is 14.3 Å². The van der Waals surface area contributed by atoms with E-state index in [9.17, 15) is 4.79 Å². The highest BCUT2D eigenvalue weighted by atomic mass is 16.6. The zero-order chi connectivity index (χ0) is 14.8. The maximum Gasteiger partial charge on any atom is 0.412 e. The zero-order valence-electron chi connectivity index (χ0n) is 12.4. The molecule has 1 aromatic rings. The number of nitrogens with one attached hydrogen (secondary N) is 2. The Hall–Kier alpha value is -1.75. The topological polar surface area (TPSA) is 59.6 Å². The maximum atomic E-state index is 11.7. The van der Waals surface area contributed by atoms with Gasteiger partial charge in [0.1, 0.15) is 17.5 Å². The van der Waals surface area contributed by atoms with Crippen molar-refractivity contribution in [3.63, 3.8) is 0 Å². The van der Waals surface area contributed by atoms with E-state index in [1.54, 1.807) is 0 Å². The molecule has 0 aromatic heterocycles. The van der Waals surface area contributed by atoms with E-state index < -0.39 is 11.7 Å². The summed E-state index contributed by atoms with van der Waals surface area (Å²) in [6, 6.07) is 5.61. The number of ether oxygens (including phenoxy) is 2. The van der Waals surface area contributed by atoms with Crippen molar-refractivity contribution in [2.75, 3.05) is 18.4 Å². The molecule has 0 atom stereocenters. The lowest BCUT2D eigenvalue weighted by Crippen LogP contribution is -2.50. The Kier molecular flexibility index (Phi) is 4.18. The van der Waals surface area contributed by atoms with Crippen LogP contribution in [-0.2, 0) is 4.74 Å². The molecule has 110 valence electrons. The number of benzene rings is 1. The largest absolute Gasteiger partial charge is 0.488 e. The van der Waals surface area contributed by atoms with Crippen LogP contribution >= 0.6 is 0 Å². The van der Waals surface area contributed by atoms with Crippen LogP contribution < -0.4 is 15.4 Å². The number of aryl methyl sites for hydroxylation is 1. The van der Waals surface area contributed by atoms with Crippen LogP contribution in [0.2, 0.25) is 0 Å². The number of amides is 1. The summed E-state index contributed by atoms with van der Waals surface area (Å²) < 4.78 is 11.0. The highest BCUT2D eigenvalue weighted by Gasteiger charge is 2.19. The molecule has 1 aliphatic heterocycles. The monoisotopic (exact) mass is 278 g/mol. The second-order valence-electron chi connectivity index (χ2n) is 6.00. The molecule has 1 heterocycles.